The summed E-state index contributed by atoms with van der Waals surface area (Å²) < 4.78 is 6.54. The molecule has 7 nitrogen and oxygen atoms in total. The van der Waals surface area contributed by atoms with Gasteiger partial charge in [0.15, 0.2) is 0 Å². The highest BCUT2D eigenvalue weighted by molar-refractivity contribution is 5.94. The molecule has 0 unspecified atom stereocenters. The maximum absolute atomic E-state index is 12.5. The molecule has 7 heteroatoms. The molecule has 118 valence electrons. The lowest BCUT2D eigenvalue weighted by Crippen LogP contribution is -2.39. The number of carbonyl (C=O) groups excluding carboxylic acids is 1. The Hall–Kier alpha value is -1.89. The standard InChI is InChI=1S/C14H23N3O4/c1-5-17-12(8-11(15-17)10(2)3)14(20)16(6-7-21-4)9-13(18)19/h8,10H,5-7,9H2,1-4H3,(H,18,19). The third-order valence-electron chi connectivity index (χ3n) is 3.09. The van der Waals surface area contributed by atoms with Crippen LogP contribution in [0.2, 0.25) is 0 Å². The molecule has 1 heterocycles. The molecule has 0 saturated heterocycles. The van der Waals surface area contributed by atoms with Crippen LogP contribution in [0.5, 0.6) is 0 Å². The highest BCUT2D eigenvalue weighted by Crippen LogP contribution is 2.16. The van der Waals surface area contributed by atoms with Crippen molar-refractivity contribution in [2.24, 2.45) is 0 Å². The normalized spacial score (nSPS) is 10.9. The number of carboxylic acid groups (broad SMARTS) is 1. The smallest absolute Gasteiger partial charge is 0.323 e. The van der Waals surface area contributed by atoms with Gasteiger partial charge in [-0.1, -0.05) is 13.8 Å². The number of nitrogens with zero attached hydrogens (tertiary/aromatic N) is 3. The van der Waals surface area contributed by atoms with Crippen molar-refractivity contribution in [1.82, 2.24) is 14.7 Å². The van der Waals surface area contributed by atoms with Crippen molar-refractivity contribution in [1.29, 1.82) is 0 Å². The van der Waals surface area contributed by atoms with E-state index in [4.69, 9.17) is 9.84 Å². The van der Waals surface area contributed by atoms with Crippen LogP contribution in [0.1, 0.15) is 42.9 Å². The largest absolute Gasteiger partial charge is 0.480 e. The molecular formula is C14H23N3O4. The molecule has 1 amide bonds. The number of aryl methyl sites for hydroxylation is 1. The summed E-state index contributed by atoms with van der Waals surface area (Å²) in [5, 5.41) is 13.3. The van der Waals surface area contributed by atoms with E-state index in [2.05, 4.69) is 5.10 Å². The summed E-state index contributed by atoms with van der Waals surface area (Å²) in [6.07, 6.45) is 0. The van der Waals surface area contributed by atoms with Gasteiger partial charge in [-0.3, -0.25) is 14.3 Å². The Bertz CT molecular complexity index is 496. The molecule has 0 fully saturated rings. The van der Waals surface area contributed by atoms with E-state index in [9.17, 15) is 9.59 Å². The summed E-state index contributed by atoms with van der Waals surface area (Å²) in [4.78, 5) is 24.7. The number of carboxylic acids is 1. The van der Waals surface area contributed by atoms with Crippen LogP contribution < -0.4 is 0 Å². The van der Waals surface area contributed by atoms with Crippen molar-refractivity contribution in [3.63, 3.8) is 0 Å². The molecule has 0 aliphatic rings. The van der Waals surface area contributed by atoms with E-state index in [1.807, 2.05) is 20.8 Å². The number of ether oxygens (including phenoxy) is 1. The number of methoxy groups -OCH3 is 1. The monoisotopic (exact) mass is 297 g/mol. The van der Waals surface area contributed by atoms with Crippen LogP contribution in [-0.2, 0) is 16.1 Å². The summed E-state index contributed by atoms with van der Waals surface area (Å²) >= 11 is 0. The molecule has 0 aromatic carbocycles. The van der Waals surface area contributed by atoms with Crippen LogP contribution in [0.3, 0.4) is 0 Å². The van der Waals surface area contributed by atoms with Gasteiger partial charge in [0, 0.05) is 20.2 Å². The highest BCUT2D eigenvalue weighted by Gasteiger charge is 2.23. The maximum Gasteiger partial charge on any atom is 0.323 e. The molecule has 0 saturated carbocycles. The van der Waals surface area contributed by atoms with Crippen LogP contribution >= 0.6 is 0 Å². The van der Waals surface area contributed by atoms with Crippen molar-refractivity contribution >= 4 is 11.9 Å². The lowest BCUT2D eigenvalue weighted by Gasteiger charge is -2.20. The number of rotatable bonds is 8. The average molecular weight is 297 g/mol. The quantitative estimate of drug-likeness (QED) is 0.779. The Morgan fingerprint density at radius 2 is 2.14 bits per heavy atom. The first-order valence-electron chi connectivity index (χ1n) is 6.98. The zero-order chi connectivity index (χ0) is 16.0. The van der Waals surface area contributed by atoms with E-state index in [0.29, 0.717) is 12.2 Å². The van der Waals surface area contributed by atoms with Gasteiger partial charge < -0.3 is 14.7 Å². The van der Waals surface area contributed by atoms with Gasteiger partial charge in [-0.05, 0) is 18.9 Å². The Morgan fingerprint density at radius 1 is 1.48 bits per heavy atom. The van der Waals surface area contributed by atoms with Gasteiger partial charge in [0.2, 0.25) is 0 Å². The Balaban J connectivity index is 3.03. The fourth-order valence-corrected chi connectivity index (χ4v) is 1.91. The number of aliphatic carboxylic acids is 1. The van der Waals surface area contributed by atoms with Crippen LogP contribution in [0, 0.1) is 0 Å². The van der Waals surface area contributed by atoms with E-state index < -0.39 is 5.97 Å². The van der Waals surface area contributed by atoms with E-state index in [1.165, 1.54) is 12.0 Å². The predicted octanol–water partition coefficient (Wildman–Crippen LogP) is 1.20. The molecule has 1 aromatic rings. The van der Waals surface area contributed by atoms with Gasteiger partial charge in [-0.2, -0.15) is 5.10 Å². The fourth-order valence-electron chi connectivity index (χ4n) is 1.91. The summed E-state index contributed by atoms with van der Waals surface area (Å²) in [6, 6.07) is 1.73. The number of hydrogen-bond acceptors (Lipinski definition) is 4. The summed E-state index contributed by atoms with van der Waals surface area (Å²) in [5.41, 5.74) is 1.24. The topological polar surface area (TPSA) is 84.7 Å². The van der Waals surface area contributed by atoms with Gasteiger partial charge in [-0.25, -0.2) is 0 Å². The van der Waals surface area contributed by atoms with Crippen LogP contribution in [0.25, 0.3) is 0 Å². The Morgan fingerprint density at radius 3 is 2.62 bits per heavy atom. The SMILES string of the molecule is CCn1nc(C(C)C)cc1C(=O)N(CCOC)CC(=O)O. The Labute approximate surface area is 124 Å². The third-order valence-corrected chi connectivity index (χ3v) is 3.09. The van der Waals surface area contributed by atoms with Crippen molar-refractivity contribution in [3.8, 4) is 0 Å². The van der Waals surface area contributed by atoms with Crippen LogP contribution in [-0.4, -0.2) is 58.5 Å². The Kier molecular flexibility index (Phi) is 6.36. The minimum absolute atomic E-state index is 0.205. The molecule has 0 aliphatic carbocycles. The lowest BCUT2D eigenvalue weighted by atomic mass is 10.1. The molecule has 0 radical (unpaired) electrons. The first-order valence-corrected chi connectivity index (χ1v) is 6.98. The lowest BCUT2D eigenvalue weighted by molar-refractivity contribution is -0.137. The predicted molar refractivity (Wildman–Crippen MR) is 77.4 cm³/mol. The molecule has 0 atom stereocenters. The number of carbonyl (C=O) groups is 2. The second-order valence-corrected chi connectivity index (χ2v) is 5.04. The second kappa shape index (κ2) is 7.78. The molecule has 0 spiro atoms. The number of amides is 1. The number of hydrogen-bond donors (Lipinski definition) is 1. The first kappa shape index (κ1) is 17.2. The molecule has 0 bridgehead atoms. The highest BCUT2D eigenvalue weighted by atomic mass is 16.5. The van der Waals surface area contributed by atoms with E-state index in [1.54, 1.807) is 10.7 Å². The first-order chi connectivity index (χ1) is 9.90. The molecule has 1 N–H and O–H groups in total. The van der Waals surface area contributed by atoms with Crippen molar-refractivity contribution in [3.05, 3.63) is 17.5 Å². The van der Waals surface area contributed by atoms with Crippen molar-refractivity contribution < 1.29 is 19.4 Å². The molecule has 21 heavy (non-hydrogen) atoms. The summed E-state index contributed by atoms with van der Waals surface area (Å²) in [7, 11) is 1.51. The molecule has 0 aliphatic heterocycles. The van der Waals surface area contributed by atoms with Gasteiger partial charge in [0.25, 0.3) is 5.91 Å². The van der Waals surface area contributed by atoms with Crippen molar-refractivity contribution in [2.45, 2.75) is 33.2 Å². The molecule has 1 rings (SSSR count). The van der Waals surface area contributed by atoms with Crippen molar-refractivity contribution in [2.75, 3.05) is 26.8 Å². The van der Waals surface area contributed by atoms with Crippen LogP contribution in [0.15, 0.2) is 6.07 Å². The second-order valence-electron chi connectivity index (χ2n) is 5.04. The summed E-state index contributed by atoms with van der Waals surface area (Å²) in [5.74, 6) is -1.18. The minimum atomic E-state index is -1.05. The van der Waals surface area contributed by atoms with Gasteiger partial charge in [0.1, 0.15) is 12.2 Å². The van der Waals surface area contributed by atoms with E-state index >= 15 is 0 Å². The summed E-state index contributed by atoms with van der Waals surface area (Å²) in [6.45, 7) is 6.61. The van der Waals surface area contributed by atoms with Gasteiger partial charge in [0.05, 0.1) is 12.3 Å². The molecular weight excluding hydrogens is 274 g/mol. The minimum Gasteiger partial charge on any atom is -0.480 e. The zero-order valence-electron chi connectivity index (χ0n) is 13.0. The zero-order valence-corrected chi connectivity index (χ0v) is 13.0. The third kappa shape index (κ3) is 4.56. The van der Waals surface area contributed by atoms with Crippen LogP contribution in [0.4, 0.5) is 0 Å². The van der Waals surface area contributed by atoms with E-state index in [-0.39, 0.29) is 31.5 Å². The van der Waals surface area contributed by atoms with E-state index in [0.717, 1.165) is 5.69 Å². The fraction of sp³-hybridized carbons (Fsp3) is 0.643. The maximum atomic E-state index is 12.5. The van der Waals surface area contributed by atoms with Gasteiger partial charge >= 0.3 is 5.97 Å². The van der Waals surface area contributed by atoms with Gasteiger partial charge in [-0.15, -0.1) is 0 Å². The average Bonchev–Trinajstić information content (AvgIpc) is 2.86. The molecule has 1 aromatic heterocycles. The number of aromatic nitrogens is 2.